The predicted molar refractivity (Wildman–Crippen MR) is 88.5 cm³/mol. The highest BCUT2D eigenvalue weighted by atomic mass is 35.5. The Morgan fingerprint density at radius 2 is 2.00 bits per heavy atom. The zero-order chi connectivity index (χ0) is 19.4. The van der Waals surface area contributed by atoms with Crippen molar-refractivity contribution in [1.82, 2.24) is 9.29 Å². The minimum absolute atomic E-state index is 0.172. The van der Waals surface area contributed by atoms with Crippen molar-refractivity contribution in [1.29, 1.82) is 5.26 Å². The van der Waals surface area contributed by atoms with Crippen LogP contribution in [0.25, 0.3) is 0 Å². The number of rotatable bonds is 6. The van der Waals surface area contributed by atoms with Gasteiger partial charge in [-0.1, -0.05) is 17.7 Å². The Bertz CT molecular complexity index is 913. The van der Waals surface area contributed by atoms with Crippen molar-refractivity contribution in [3.05, 3.63) is 58.9 Å². The molecule has 10 heteroatoms. The first-order valence-electron chi connectivity index (χ1n) is 7.29. The number of nitriles is 1. The van der Waals surface area contributed by atoms with E-state index in [-0.39, 0.29) is 24.5 Å². The standard InChI is InChI=1S/C16H13ClF3N3O2S/c17-13-4-5-15(14(9-13)16(18,19)20)26(24,25)23(8-2-6-21)11-12-3-1-7-22-10-12/h1,3-5,7,9-10H,2,8,11H2. The van der Waals surface area contributed by atoms with E-state index in [9.17, 15) is 21.6 Å². The smallest absolute Gasteiger partial charge is 0.264 e. The molecule has 0 saturated carbocycles. The molecule has 0 amide bonds. The molecule has 0 bridgehead atoms. The molecule has 0 spiro atoms. The van der Waals surface area contributed by atoms with E-state index in [1.807, 2.05) is 0 Å². The van der Waals surface area contributed by atoms with Crippen molar-refractivity contribution in [2.75, 3.05) is 6.54 Å². The highest BCUT2D eigenvalue weighted by Gasteiger charge is 2.39. The van der Waals surface area contributed by atoms with Gasteiger partial charge in [-0.2, -0.15) is 22.7 Å². The summed E-state index contributed by atoms with van der Waals surface area (Å²) in [5, 5.41) is 8.53. The molecule has 0 atom stereocenters. The third-order valence-corrected chi connectivity index (χ3v) is 5.56. The fourth-order valence-corrected chi connectivity index (χ4v) is 4.04. The quantitative estimate of drug-likeness (QED) is 0.734. The Morgan fingerprint density at radius 3 is 2.58 bits per heavy atom. The third kappa shape index (κ3) is 4.72. The van der Waals surface area contributed by atoms with Gasteiger partial charge in [0.25, 0.3) is 0 Å². The average Bonchev–Trinajstić information content (AvgIpc) is 2.58. The summed E-state index contributed by atoms with van der Waals surface area (Å²) in [6.07, 6.45) is -2.18. The number of alkyl halides is 3. The lowest BCUT2D eigenvalue weighted by molar-refractivity contribution is -0.139. The second-order valence-corrected chi connectivity index (χ2v) is 7.59. The van der Waals surface area contributed by atoms with Crippen LogP contribution in [0.4, 0.5) is 13.2 Å². The molecular formula is C16H13ClF3N3O2S. The summed E-state index contributed by atoms with van der Waals surface area (Å²) in [5.41, 5.74) is -0.866. The lowest BCUT2D eigenvalue weighted by atomic mass is 10.2. The Labute approximate surface area is 153 Å². The van der Waals surface area contributed by atoms with Crippen LogP contribution in [0, 0.1) is 11.3 Å². The monoisotopic (exact) mass is 403 g/mol. The molecule has 1 heterocycles. The van der Waals surface area contributed by atoms with Gasteiger partial charge in [-0.05, 0) is 29.8 Å². The van der Waals surface area contributed by atoms with Crippen LogP contribution in [-0.2, 0) is 22.7 Å². The van der Waals surface area contributed by atoms with E-state index in [0.29, 0.717) is 11.6 Å². The molecule has 2 aromatic rings. The van der Waals surface area contributed by atoms with Gasteiger partial charge in [-0.3, -0.25) is 4.98 Å². The highest BCUT2D eigenvalue weighted by Crippen LogP contribution is 2.37. The minimum atomic E-state index is -4.90. The van der Waals surface area contributed by atoms with Crippen molar-refractivity contribution in [2.24, 2.45) is 0 Å². The molecule has 0 radical (unpaired) electrons. The van der Waals surface area contributed by atoms with Crippen LogP contribution in [0.15, 0.2) is 47.6 Å². The van der Waals surface area contributed by atoms with Crippen LogP contribution in [-0.4, -0.2) is 24.3 Å². The molecule has 1 aromatic heterocycles. The molecule has 0 aliphatic rings. The number of aromatic nitrogens is 1. The SMILES string of the molecule is N#CCCN(Cc1cccnc1)S(=O)(=O)c1ccc(Cl)cc1C(F)(F)F. The van der Waals surface area contributed by atoms with Gasteiger partial charge in [0.1, 0.15) is 0 Å². The van der Waals surface area contributed by atoms with Crippen LogP contribution in [0.5, 0.6) is 0 Å². The van der Waals surface area contributed by atoms with Crippen molar-refractivity contribution >= 4 is 21.6 Å². The van der Waals surface area contributed by atoms with E-state index in [0.717, 1.165) is 16.4 Å². The molecule has 5 nitrogen and oxygen atoms in total. The molecule has 0 aliphatic carbocycles. The van der Waals surface area contributed by atoms with Crippen molar-refractivity contribution < 1.29 is 21.6 Å². The highest BCUT2D eigenvalue weighted by molar-refractivity contribution is 7.89. The molecular weight excluding hydrogens is 391 g/mol. The molecule has 1 aromatic carbocycles. The van der Waals surface area contributed by atoms with Gasteiger partial charge in [0.15, 0.2) is 0 Å². The number of pyridine rings is 1. The minimum Gasteiger partial charge on any atom is -0.264 e. The van der Waals surface area contributed by atoms with E-state index in [1.54, 1.807) is 18.2 Å². The third-order valence-electron chi connectivity index (χ3n) is 3.42. The first kappa shape index (κ1) is 20.2. The van der Waals surface area contributed by atoms with Gasteiger partial charge >= 0.3 is 6.18 Å². The van der Waals surface area contributed by atoms with Crippen LogP contribution < -0.4 is 0 Å². The number of benzene rings is 1. The van der Waals surface area contributed by atoms with Gasteiger partial charge in [0.2, 0.25) is 10.0 Å². The molecule has 0 unspecified atom stereocenters. The largest absolute Gasteiger partial charge is 0.417 e. The van der Waals surface area contributed by atoms with E-state index in [2.05, 4.69) is 4.98 Å². The van der Waals surface area contributed by atoms with E-state index < -0.39 is 26.7 Å². The Kier molecular flexibility index (Phi) is 6.23. The molecule has 2 rings (SSSR count). The van der Waals surface area contributed by atoms with Crippen LogP contribution in [0.3, 0.4) is 0 Å². The number of sulfonamides is 1. The summed E-state index contributed by atoms with van der Waals surface area (Å²) in [6, 6.07) is 7.44. The summed E-state index contributed by atoms with van der Waals surface area (Å²) in [7, 11) is -4.53. The van der Waals surface area contributed by atoms with E-state index in [4.69, 9.17) is 16.9 Å². The Balaban J connectivity index is 2.52. The zero-order valence-electron chi connectivity index (χ0n) is 13.2. The van der Waals surface area contributed by atoms with Crippen molar-refractivity contribution in [3.63, 3.8) is 0 Å². The van der Waals surface area contributed by atoms with Crippen LogP contribution >= 0.6 is 11.6 Å². The fraction of sp³-hybridized carbons (Fsp3) is 0.250. The summed E-state index contributed by atoms with van der Waals surface area (Å²) >= 11 is 5.61. The maximum atomic E-state index is 13.3. The fourth-order valence-electron chi connectivity index (χ4n) is 2.24. The Hall–Kier alpha value is -2.15. The maximum Gasteiger partial charge on any atom is 0.417 e. The van der Waals surface area contributed by atoms with Gasteiger partial charge < -0.3 is 0 Å². The molecule has 0 N–H and O–H groups in total. The molecule has 138 valence electrons. The molecule has 0 saturated heterocycles. The molecule has 0 fully saturated rings. The average molecular weight is 404 g/mol. The maximum absolute atomic E-state index is 13.3. The first-order valence-corrected chi connectivity index (χ1v) is 9.11. The van der Waals surface area contributed by atoms with Crippen molar-refractivity contribution in [2.45, 2.75) is 24.0 Å². The summed E-state index contributed by atoms with van der Waals surface area (Å²) in [6.45, 7) is -0.467. The number of halogens is 4. The molecule has 26 heavy (non-hydrogen) atoms. The van der Waals surface area contributed by atoms with Crippen LogP contribution in [0.2, 0.25) is 5.02 Å². The Morgan fingerprint density at radius 1 is 1.27 bits per heavy atom. The lowest BCUT2D eigenvalue weighted by Gasteiger charge is -2.23. The second kappa shape index (κ2) is 8.03. The van der Waals surface area contributed by atoms with Crippen molar-refractivity contribution in [3.8, 4) is 6.07 Å². The van der Waals surface area contributed by atoms with Gasteiger partial charge in [-0.15, -0.1) is 0 Å². The molecule has 0 aliphatic heterocycles. The second-order valence-electron chi connectivity index (χ2n) is 5.25. The normalized spacial score (nSPS) is 12.2. The lowest BCUT2D eigenvalue weighted by Crippen LogP contribution is -2.33. The summed E-state index contributed by atoms with van der Waals surface area (Å²) < 4.78 is 66.5. The van der Waals surface area contributed by atoms with E-state index >= 15 is 0 Å². The topological polar surface area (TPSA) is 74.1 Å². The van der Waals surface area contributed by atoms with Gasteiger partial charge in [0, 0.05) is 36.9 Å². The number of hydrogen-bond acceptors (Lipinski definition) is 4. The first-order chi connectivity index (χ1) is 12.2. The van der Waals surface area contributed by atoms with E-state index in [1.165, 1.54) is 12.4 Å². The number of nitrogens with zero attached hydrogens (tertiary/aromatic N) is 3. The number of hydrogen-bond donors (Lipinski definition) is 0. The van der Waals surface area contributed by atoms with Gasteiger partial charge in [0.05, 0.1) is 16.5 Å². The summed E-state index contributed by atoms with van der Waals surface area (Å²) in [5.74, 6) is 0. The summed E-state index contributed by atoms with van der Waals surface area (Å²) in [4.78, 5) is 2.95. The van der Waals surface area contributed by atoms with Crippen LogP contribution in [0.1, 0.15) is 17.5 Å². The van der Waals surface area contributed by atoms with Gasteiger partial charge in [-0.25, -0.2) is 8.42 Å². The zero-order valence-corrected chi connectivity index (χ0v) is 14.8. The predicted octanol–water partition coefficient (Wildman–Crippen LogP) is 3.86.